The zero-order valence-electron chi connectivity index (χ0n) is 9.82. The third-order valence-corrected chi connectivity index (χ3v) is 2.23. The molecule has 1 aromatic heterocycles. The van der Waals surface area contributed by atoms with Crippen molar-refractivity contribution in [2.45, 2.75) is 20.3 Å². The van der Waals surface area contributed by atoms with Crippen LogP contribution >= 0.6 is 0 Å². The molecule has 0 atom stereocenters. The third kappa shape index (κ3) is 2.57. The van der Waals surface area contributed by atoms with E-state index in [-0.39, 0.29) is 5.91 Å². The standard InChI is InChI=1S/C12H15N3O/c1-5-7-15(4)12(16)10-8-9(3)13-14-11(10)6-2/h1,8H,6-7H2,2-4H3. The van der Waals surface area contributed by atoms with Crippen molar-refractivity contribution >= 4 is 5.91 Å². The predicted molar refractivity (Wildman–Crippen MR) is 61.9 cm³/mol. The van der Waals surface area contributed by atoms with E-state index >= 15 is 0 Å². The van der Waals surface area contributed by atoms with Crippen LogP contribution < -0.4 is 0 Å². The summed E-state index contributed by atoms with van der Waals surface area (Å²) in [6, 6.07) is 1.75. The Morgan fingerprint density at radius 2 is 2.25 bits per heavy atom. The summed E-state index contributed by atoms with van der Waals surface area (Å²) in [5.41, 5.74) is 2.03. The number of amides is 1. The molecule has 0 unspecified atom stereocenters. The maximum absolute atomic E-state index is 12.0. The molecule has 0 saturated heterocycles. The molecule has 1 heterocycles. The van der Waals surface area contributed by atoms with Crippen molar-refractivity contribution in [3.05, 3.63) is 23.0 Å². The molecule has 4 nitrogen and oxygen atoms in total. The van der Waals surface area contributed by atoms with E-state index in [0.29, 0.717) is 24.2 Å². The van der Waals surface area contributed by atoms with Crippen molar-refractivity contribution in [2.24, 2.45) is 0 Å². The summed E-state index contributed by atoms with van der Waals surface area (Å²) >= 11 is 0. The van der Waals surface area contributed by atoms with Crippen LogP contribution in [0.15, 0.2) is 6.07 Å². The number of carbonyl (C=O) groups is 1. The van der Waals surface area contributed by atoms with E-state index in [1.807, 2.05) is 13.8 Å². The van der Waals surface area contributed by atoms with Crippen LogP contribution in [-0.4, -0.2) is 34.6 Å². The van der Waals surface area contributed by atoms with E-state index < -0.39 is 0 Å². The van der Waals surface area contributed by atoms with Crippen LogP contribution in [0, 0.1) is 19.3 Å². The molecule has 84 valence electrons. The quantitative estimate of drug-likeness (QED) is 0.711. The van der Waals surface area contributed by atoms with Crippen molar-refractivity contribution in [1.29, 1.82) is 0 Å². The lowest BCUT2D eigenvalue weighted by Gasteiger charge is -2.15. The van der Waals surface area contributed by atoms with Crippen molar-refractivity contribution < 1.29 is 4.79 Å². The fraction of sp³-hybridized carbons (Fsp3) is 0.417. The van der Waals surface area contributed by atoms with Gasteiger partial charge in [0.15, 0.2) is 0 Å². The second-order valence-corrected chi connectivity index (χ2v) is 3.56. The zero-order valence-corrected chi connectivity index (χ0v) is 9.82. The van der Waals surface area contributed by atoms with Gasteiger partial charge >= 0.3 is 0 Å². The van der Waals surface area contributed by atoms with Gasteiger partial charge in [0.2, 0.25) is 0 Å². The lowest BCUT2D eigenvalue weighted by atomic mass is 10.1. The first-order valence-electron chi connectivity index (χ1n) is 5.12. The van der Waals surface area contributed by atoms with Crippen molar-refractivity contribution in [3.8, 4) is 12.3 Å². The zero-order chi connectivity index (χ0) is 12.1. The molecule has 0 saturated carbocycles. The first-order valence-corrected chi connectivity index (χ1v) is 5.12. The van der Waals surface area contributed by atoms with Gasteiger partial charge in [-0.2, -0.15) is 10.2 Å². The lowest BCUT2D eigenvalue weighted by molar-refractivity contribution is 0.0810. The Balaban J connectivity index is 3.07. The monoisotopic (exact) mass is 217 g/mol. The maximum Gasteiger partial charge on any atom is 0.256 e. The number of hydrogen-bond donors (Lipinski definition) is 0. The lowest BCUT2D eigenvalue weighted by Crippen LogP contribution is -2.28. The minimum Gasteiger partial charge on any atom is -0.331 e. The van der Waals surface area contributed by atoms with Gasteiger partial charge in [0.05, 0.1) is 23.5 Å². The summed E-state index contributed by atoms with van der Waals surface area (Å²) in [5.74, 6) is 2.34. The Labute approximate surface area is 95.7 Å². The van der Waals surface area contributed by atoms with Gasteiger partial charge in [-0.1, -0.05) is 12.8 Å². The number of terminal acetylenes is 1. The van der Waals surface area contributed by atoms with Gasteiger partial charge in [0.25, 0.3) is 5.91 Å². The summed E-state index contributed by atoms with van der Waals surface area (Å²) in [6.45, 7) is 4.05. The molecular weight excluding hydrogens is 202 g/mol. The predicted octanol–water partition coefficient (Wildman–Crippen LogP) is 1.05. The Bertz CT molecular complexity index is 434. The summed E-state index contributed by atoms with van der Waals surface area (Å²) in [7, 11) is 1.68. The van der Waals surface area contributed by atoms with Crippen LogP contribution in [-0.2, 0) is 6.42 Å². The minimum atomic E-state index is -0.104. The van der Waals surface area contributed by atoms with E-state index in [1.165, 1.54) is 4.90 Å². The molecule has 0 aliphatic rings. The normalized spacial score (nSPS) is 9.62. The van der Waals surface area contributed by atoms with Crippen LogP contribution in [0.5, 0.6) is 0 Å². The number of hydrogen-bond acceptors (Lipinski definition) is 3. The van der Waals surface area contributed by atoms with E-state index in [4.69, 9.17) is 6.42 Å². The highest BCUT2D eigenvalue weighted by Gasteiger charge is 2.16. The molecule has 0 aliphatic carbocycles. The summed E-state index contributed by atoms with van der Waals surface area (Å²) in [4.78, 5) is 13.5. The Kier molecular flexibility index (Phi) is 4.01. The van der Waals surface area contributed by atoms with Crippen LogP contribution in [0.4, 0.5) is 0 Å². The number of rotatable bonds is 3. The summed E-state index contributed by atoms with van der Waals surface area (Å²) in [5, 5.41) is 7.95. The van der Waals surface area contributed by atoms with Gasteiger partial charge < -0.3 is 4.90 Å². The molecule has 0 radical (unpaired) electrons. The van der Waals surface area contributed by atoms with Crippen LogP contribution in [0.3, 0.4) is 0 Å². The molecule has 0 aliphatic heterocycles. The van der Waals surface area contributed by atoms with Gasteiger partial charge in [-0.15, -0.1) is 6.42 Å². The van der Waals surface area contributed by atoms with Gasteiger partial charge in [-0.05, 0) is 19.4 Å². The van der Waals surface area contributed by atoms with E-state index in [0.717, 1.165) is 5.69 Å². The SMILES string of the molecule is C#CCN(C)C(=O)c1cc(C)nnc1CC. The van der Waals surface area contributed by atoms with Crippen LogP contribution in [0.2, 0.25) is 0 Å². The maximum atomic E-state index is 12.0. The Morgan fingerprint density at radius 3 is 2.81 bits per heavy atom. The van der Waals surface area contributed by atoms with Crippen LogP contribution in [0.1, 0.15) is 28.7 Å². The number of aryl methyl sites for hydroxylation is 2. The highest BCUT2D eigenvalue weighted by molar-refractivity contribution is 5.95. The minimum absolute atomic E-state index is 0.104. The Hall–Kier alpha value is -1.89. The largest absolute Gasteiger partial charge is 0.331 e. The first kappa shape index (κ1) is 12.2. The molecule has 0 bridgehead atoms. The summed E-state index contributed by atoms with van der Waals surface area (Å²) < 4.78 is 0. The summed E-state index contributed by atoms with van der Waals surface area (Å²) in [6.07, 6.45) is 5.85. The first-order chi connectivity index (χ1) is 7.60. The molecular formula is C12H15N3O. The smallest absolute Gasteiger partial charge is 0.256 e. The fourth-order valence-electron chi connectivity index (χ4n) is 1.37. The van der Waals surface area contributed by atoms with E-state index in [1.54, 1.807) is 13.1 Å². The van der Waals surface area contributed by atoms with Crippen LogP contribution in [0.25, 0.3) is 0 Å². The molecule has 1 amide bonds. The fourth-order valence-corrected chi connectivity index (χ4v) is 1.37. The average Bonchev–Trinajstić information content (AvgIpc) is 2.28. The molecule has 4 heteroatoms. The molecule has 0 N–H and O–H groups in total. The van der Waals surface area contributed by atoms with Gasteiger partial charge in [-0.25, -0.2) is 0 Å². The van der Waals surface area contributed by atoms with Crippen molar-refractivity contribution in [1.82, 2.24) is 15.1 Å². The van der Waals surface area contributed by atoms with Gasteiger partial charge in [0, 0.05) is 7.05 Å². The number of nitrogens with zero attached hydrogens (tertiary/aromatic N) is 3. The third-order valence-electron chi connectivity index (χ3n) is 2.23. The van der Waals surface area contributed by atoms with Crippen molar-refractivity contribution in [3.63, 3.8) is 0 Å². The topological polar surface area (TPSA) is 46.1 Å². The highest BCUT2D eigenvalue weighted by atomic mass is 16.2. The number of carbonyl (C=O) groups excluding carboxylic acids is 1. The van der Waals surface area contributed by atoms with Gasteiger partial charge in [0.1, 0.15) is 0 Å². The highest BCUT2D eigenvalue weighted by Crippen LogP contribution is 2.09. The number of aromatic nitrogens is 2. The van der Waals surface area contributed by atoms with E-state index in [9.17, 15) is 4.79 Å². The Morgan fingerprint density at radius 1 is 1.56 bits per heavy atom. The molecule has 16 heavy (non-hydrogen) atoms. The molecule has 0 fully saturated rings. The van der Waals surface area contributed by atoms with Gasteiger partial charge in [-0.3, -0.25) is 4.79 Å². The molecule has 1 rings (SSSR count). The second kappa shape index (κ2) is 5.26. The van der Waals surface area contributed by atoms with E-state index in [2.05, 4.69) is 16.1 Å². The average molecular weight is 217 g/mol. The molecule has 1 aromatic rings. The van der Waals surface area contributed by atoms with Crippen molar-refractivity contribution in [2.75, 3.05) is 13.6 Å². The molecule has 0 aromatic carbocycles. The molecule has 0 spiro atoms. The second-order valence-electron chi connectivity index (χ2n) is 3.56.